The van der Waals surface area contributed by atoms with Crippen molar-refractivity contribution >= 4 is 11.6 Å². The van der Waals surface area contributed by atoms with E-state index in [0.29, 0.717) is 12.5 Å². The number of nitrogens with one attached hydrogen (secondary N) is 2. The number of ether oxygens (including phenoxy) is 1. The molecule has 0 atom stereocenters. The number of nitrogens with zero attached hydrogens (tertiary/aromatic N) is 2. The quantitative estimate of drug-likeness (QED) is 0.624. The standard InChI is InChI=1S/C18H30N4O/c1-4-19-18(20-13-15(2)3)21-14-16-7-5-6-8-17(16)22-9-11-23-12-10-22/h5-8,15H,4,9-14H2,1-3H3,(H2,19,20,21). The van der Waals surface area contributed by atoms with Crippen LogP contribution < -0.4 is 15.5 Å². The number of aliphatic imine (C=N–C) groups is 1. The Balaban J connectivity index is 2.06. The van der Waals surface area contributed by atoms with Gasteiger partial charge in [0.05, 0.1) is 19.8 Å². The molecule has 0 saturated carbocycles. The Labute approximate surface area is 140 Å². The summed E-state index contributed by atoms with van der Waals surface area (Å²) in [6.07, 6.45) is 0. The number of para-hydroxylation sites is 1. The molecule has 0 unspecified atom stereocenters. The van der Waals surface area contributed by atoms with Crippen molar-refractivity contribution < 1.29 is 4.74 Å². The van der Waals surface area contributed by atoms with Gasteiger partial charge in [0.15, 0.2) is 5.96 Å². The number of rotatable bonds is 6. The van der Waals surface area contributed by atoms with E-state index in [4.69, 9.17) is 9.73 Å². The van der Waals surface area contributed by atoms with E-state index in [1.54, 1.807) is 0 Å². The summed E-state index contributed by atoms with van der Waals surface area (Å²) in [7, 11) is 0. The predicted molar refractivity (Wildman–Crippen MR) is 97.1 cm³/mol. The van der Waals surface area contributed by atoms with Crippen LogP contribution >= 0.6 is 0 Å². The van der Waals surface area contributed by atoms with Gasteiger partial charge in [-0.1, -0.05) is 32.0 Å². The van der Waals surface area contributed by atoms with E-state index in [9.17, 15) is 0 Å². The molecular formula is C18H30N4O. The zero-order chi connectivity index (χ0) is 16.5. The molecule has 0 spiro atoms. The van der Waals surface area contributed by atoms with Gasteiger partial charge in [-0.2, -0.15) is 0 Å². The second-order valence-electron chi connectivity index (χ2n) is 6.20. The van der Waals surface area contributed by atoms with Crippen LogP contribution in [0.5, 0.6) is 0 Å². The fourth-order valence-electron chi connectivity index (χ4n) is 2.56. The molecule has 1 fully saturated rings. The van der Waals surface area contributed by atoms with Gasteiger partial charge < -0.3 is 20.3 Å². The van der Waals surface area contributed by atoms with Crippen LogP contribution in [0.3, 0.4) is 0 Å². The molecule has 0 amide bonds. The summed E-state index contributed by atoms with van der Waals surface area (Å²) in [6, 6.07) is 8.54. The van der Waals surface area contributed by atoms with Crippen LogP contribution in [0.1, 0.15) is 26.3 Å². The van der Waals surface area contributed by atoms with Crippen molar-refractivity contribution in [3.05, 3.63) is 29.8 Å². The van der Waals surface area contributed by atoms with E-state index in [2.05, 4.69) is 60.6 Å². The Morgan fingerprint density at radius 3 is 2.65 bits per heavy atom. The topological polar surface area (TPSA) is 48.9 Å². The lowest BCUT2D eigenvalue weighted by Gasteiger charge is -2.30. The smallest absolute Gasteiger partial charge is 0.191 e. The minimum Gasteiger partial charge on any atom is -0.378 e. The molecule has 0 radical (unpaired) electrons. The monoisotopic (exact) mass is 318 g/mol. The number of benzene rings is 1. The van der Waals surface area contributed by atoms with Crippen molar-refractivity contribution in [2.24, 2.45) is 10.9 Å². The highest BCUT2D eigenvalue weighted by Gasteiger charge is 2.14. The van der Waals surface area contributed by atoms with Gasteiger partial charge in [0.1, 0.15) is 0 Å². The lowest BCUT2D eigenvalue weighted by atomic mass is 10.1. The summed E-state index contributed by atoms with van der Waals surface area (Å²) in [6.45, 7) is 12.5. The van der Waals surface area contributed by atoms with Crippen LogP contribution in [-0.4, -0.2) is 45.4 Å². The maximum Gasteiger partial charge on any atom is 0.191 e. The van der Waals surface area contributed by atoms with Crippen molar-refractivity contribution in [2.45, 2.75) is 27.3 Å². The molecule has 0 aliphatic carbocycles. The van der Waals surface area contributed by atoms with Gasteiger partial charge in [-0.15, -0.1) is 0 Å². The van der Waals surface area contributed by atoms with E-state index >= 15 is 0 Å². The lowest BCUT2D eigenvalue weighted by molar-refractivity contribution is 0.122. The van der Waals surface area contributed by atoms with Gasteiger partial charge in [0.25, 0.3) is 0 Å². The maximum atomic E-state index is 5.46. The van der Waals surface area contributed by atoms with Gasteiger partial charge in [-0.05, 0) is 24.5 Å². The van der Waals surface area contributed by atoms with Crippen LogP contribution in [0.15, 0.2) is 29.3 Å². The van der Waals surface area contributed by atoms with Crippen LogP contribution in [0.2, 0.25) is 0 Å². The normalized spacial score (nSPS) is 15.8. The molecule has 5 nitrogen and oxygen atoms in total. The Morgan fingerprint density at radius 1 is 1.22 bits per heavy atom. The highest BCUT2D eigenvalue weighted by atomic mass is 16.5. The second kappa shape index (κ2) is 9.40. The first-order chi connectivity index (χ1) is 11.2. The minimum absolute atomic E-state index is 0.597. The van der Waals surface area contributed by atoms with E-state index in [-0.39, 0.29) is 0 Å². The number of hydrogen-bond donors (Lipinski definition) is 2. The van der Waals surface area contributed by atoms with E-state index in [1.165, 1.54) is 11.3 Å². The SMILES string of the molecule is CCNC(=NCc1ccccc1N1CCOCC1)NCC(C)C. The fraction of sp³-hybridized carbons (Fsp3) is 0.611. The third-order valence-electron chi connectivity index (χ3n) is 3.77. The average molecular weight is 318 g/mol. The number of anilines is 1. The Bertz CT molecular complexity index is 496. The van der Waals surface area contributed by atoms with Gasteiger partial charge in [-0.25, -0.2) is 4.99 Å². The molecule has 2 N–H and O–H groups in total. The first-order valence-corrected chi connectivity index (χ1v) is 8.63. The van der Waals surface area contributed by atoms with E-state index in [1.807, 2.05) is 0 Å². The molecule has 128 valence electrons. The first kappa shape index (κ1) is 17.6. The van der Waals surface area contributed by atoms with Crippen molar-refractivity contribution in [3.8, 4) is 0 Å². The van der Waals surface area contributed by atoms with E-state index < -0.39 is 0 Å². The third kappa shape index (κ3) is 5.75. The Morgan fingerprint density at radius 2 is 1.96 bits per heavy atom. The Kier molecular flexibility index (Phi) is 7.20. The van der Waals surface area contributed by atoms with Gasteiger partial charge in [0, 0.05) is 31.9 Å². The van der Waals surface area contributed by atoms with Crippen molar-refractivity contribution in [1.29, 1.82) is 0 Å². The van der Waals surface area contributed by atoms with Crippen molar-refractivity contribution in [1.82, 2.24) is 10.6 Å². The zero-order valence-corrected chi connectivity index (χ0v) is 14.6. The number of guanidine groups is 1. The molecule has 0 bridgehead atoms. The molecule has 1 saturated heterocycles. The largest absolute Gasteiger partial charge is 0.378 e. The highest BCUT2D eigenvalue weighted by Crippen LogP contribution is 2.22. The van der Waals surface area contributed by atoms with Crippen molar-refractivity contribution in [3.63, 3.8) is 0 Å². The molecular weight excluding hydrogens is 288 g/mol. The van der Waals surface area contributed by atoms with Gasteiger partial charge in [0.2, 0.25) is 0 Å². The maximum absolute atomic E-state index is 5.46. The summed E-state index contributed by atoms with van der Waals surface area (Å²) >= 11 is 0. The number of morpholine rings is 1. The molecule has 1 heterocycles. The molecule has 1 aliphatic heterocycles. The lowest BCUT2D eigenvalue weighted by Crippen LogP contribution is -2.39. The summed E-state index contributed by atoms with van der Waals surface area (Å²) < 4.78 is 5.46. The van der Waals surface area contributed by atoms with Gasteiger partial charge >= 0.3 is 0 Å². The molecule has 23 heavy (non-hydrogen) atoms. The van der Waals surface area contributed by atoms with Crippen molar-refractivity contribution in [2.75, 3.05) is 44.3 Å². The van der Waals surface area contributed by atoms with Crippen LogP contribution in [0.4, 0.5) is 5.69 Å². The average Bonchev–Trinajstić information content (AvgIpc) is 2.58. The minimum atomic E-state index is 0.597. The molecule has 1 aliphatic rings. The summed E-state index contributed by atoms with van der Waals surface area (Å²) in [5, 5.41) is 6.71. The summed E-state index contributed by atoms with van der Waals surface area (Å²) in [5.74, 6) is 1.48. The fourth-order valence-corrected chi connectivity index (χ4v) is 2.56. The summed E-state index contributed by atoms with van der Waals surface area (Å²) in [4.78, 5) is 7.14. The molecule has 0 aromatic heterocycles. The van der Waals surface area contributed by atoms with Crippen LogP contribution in [-0.2, 0) is 11.3 Å². The Hall–Kier alpha value is -1.75. The third-order valence-corrected chi connectivity index (χ3v) is 3.77. The summed E-state index contributed by atoms with van der Waals surface area (Å²) in [5.41, 5.74) is 2.54. The first-order valence-electron chi connectivity index (χ1n) is 8.63. The van der Waals surface area contributed by atoms with Crippen LogP contribution in [0.25, 0.3) is 0 Å². The molecule has 1 aromatic carbocycles. The van der Waals surface area contributed by atoms with Gasteiger partial charge in [-0.3, -0.25) is 0 Å². The number of hydrogen-bond acceptors (Lipinski definition) is 3. The van der Waals surface area contributed by atoms with Crippen LogP contribution in [0, 0.1) is 5.92 Å². The highest BCUT2D eigenvalue weighted by molar-refractivity contribution is 5.79. The zero-order valence-electron chi connectivity index (χ0n) is 14.6. The predicted octanol–water partition coefficient (Wildman–Crippen LogP) is 2.23. The second-order valence-corrected chi connectivity index (χ2v) is 6.20. The molecule has 5 heteroatoms. The molecule has 2 rings (SSSR count). The van der Waals surface area contributed by atoms with E-state index in [0.717, 1.165) is 45.4 Å². The molecule has 1 aromatic rings.